The quantitative estimate of drug-likeness (QED) is 0.440. The molecule has 11 heteroatoms. The Morgan fingerprint density at radius 2 is 1.88 bits per heavy atom. The first-order valence-corrected chi connectivity index (χ1v) is 9.14. The van der Waals surface area contributed by atoms with Crippen molar-refractivity contribution in [1.82, 2.24) is 19.9 Å². The number of benzene rings is 1. The Hall–Kier alpha value is -1.64. The number of halogens is 2. The minimum Gasteiger partial charge on any atom is -0.422 e. The standard InChI is InChI=1S/C14H12BrClN5O3P/c1-22-25(23-2)24-12-10(4-3-9-11(12)18-6-5-17-9)20-13-8(15)7-19-14(16)21-13/h3-7H,1-2H3,(H,19,20,21). The summed E-state index contributed by atoms with van der Waals surface area (Å²) < 4.78 is 16.9. The van der Waals surface area contributed by atoms with E-state index in [1.807, 2.05) is 6.07 Å². The SMILES string of the molecule is COP(OC)Oc1c(Nc2nc(Cl)ncc2Br)ccc2nccnc12. The van der Waals surface area contributed by atoms with Crippen molar-refractivity contribution in [3.05, 3.63) is 40.5 Å². The van der Waals surface area contributed by atoms with Crippen molar-refractivity contribution in [2.75, 3.05) is 19.5 Å². The summed E-state index contributed by atoms with van der Waals surface area (Å²) in [5.74, 6) is 0.911. The van der Waals surface area contributed by atoms with Crippen molar-refractivity contribution < 1.29 is 13.6 Å². The molecule has 0 amide bonds. The summed E-state index contributed by atoms with van der Waals surface area (Å²) >= 11 is 9.25. The Morgan fingerprint density at radius 1 is 1.12 bits per heavy atom. The molecule has 3 aromatic rings. The number of anilines is 2. The lowest BCUT2D eigenvalue weighted by Gasteiger charge is -2.17. The van der Waals surface area contributed by atoms with Gasteiger partial charge < -0.3 is 18.9 Å². The molecule has 2 aromatic heterocycles. The number of rotatable bonds is 6. The van der Waals surface area contributed by atoms with Crippen LogP contribution in [0.2, 0.25) is 5.28 Å². The highest BCUT2D eigenvalue weighted by Crippen LogP contribution is 2.45. The lowest BCUT2D eigenvalue weighted by Crippen LogP contribution is -2.01. The molecule has 0 bridgehead atoms. The Labute approximate surface area is 158 Å². The van der Waals surface area contributed by atoms with Crippen LogP contribution >= 0.6 is 36.1 Å². The molecule has 130 valence electrons. The van der Waals surface area contributed by atoms with Gasteiger partial charge >= 0.3 is 8.60 Å². The van der Waals surface area contributed by atoms with Crippen LogP contribution < -0.4 is 9.84 Å². The molecule has 0 saturated heterocycles. The van der Waals surface area contributed by atoms with Crippen LogP contribution in [-0.2, 0) is 9.05 Å². The molecule has 1 N–H and O–H groups in total. The second kappa shape index (κ2) is 8.16. The second-order valence-electron chi connectivity index (χ2n) is 4.51. The highest BCUT2D eigenvalue weighted by atomic mass is 79.9. The topological polar surface area (TPSA) is 91.3 Å². The number of fused-ring (bicyclic) bond motifs is 1. The van der Waals surface area contributed by atoms with E-state index < -0.39 is 8.60 Å². The lowest BCUT2D eigenvalue weighted by atomic mass is 10.2. The van der Waals surface area contributed by atoms with Gasteiger partial charge in [-0.1, -0.05) is 0 Å². The molecule has 0 radical (unpaired) electrons. The monoisotopic (exact) mass is 443 g/mol. The zero-order valence-corrected chi connectivity index (χ0v) is 16.3. The first kappa shape index (κ1) is 18.2. The van der Waals surface area contributed by atoms with E-state index in [1.54, 1.807) is 24.7 Å². The molecular formula is C14H12BrClN5O3P. The first-order chi connectivity index (χ1) is 12.1. The molecule has 25 heavy (non-hydrogen) atoms. The summed E-state index contributed by atoms with van der Waals surface area (Å²) in [5.41, 5.74) is 1.83. The van der Waals surface area contributed by atoms with Gasteiger partial charge in [0.2, 0.25) is 5.28 Å². The fourth-order valence-corrected chi connectivity index (χ4v) is 3.04. The first-order valence-electron chi connectivity index (χ1n) is 6.87. The lowest BCUT2D eigenvalue weighted by molar-refractivity contribution is 0.278. The van der Waals surface area contributed by atoms with Crippen LogP contribution in [0.5, 0.6) is 5.75 Å². The van der Waals surface area contributed by atoms with Crippen LogP contribution in [0.15, 0.2) is 35.2 Å². The average Bonchev–Trinajstić information content (AvgIpc) is 2.63. The molecule has 0 unspecified atom stereocenters. The van der Waals surface area contributed by atoms with Gasteiger partial charge in [-0.25, -0.2) is 9.97 Å². The summed E-state index contributed by atoms with van der Waals surface area (Å²) in [4.78, 5) is 16.7. The Morgan fingerprint density at radius 3 is 2.64 bits per heavy atom. The van der Waals surface area contributed by atoms with Crippen molar-refractivity contribution >= 4 is 58.7 Å². The predicted octanol–water partition coefficient (Wildman–Crippen LogP) is 4.48. The smallest absolute Gasteiger partial charge is 0.396 e. The van der Waals surface area contributed by atoms with E-state index in [9.17, 15) is 0 Å². The Balaban J connectivity index is 2.08. The van der Waals surface area contributed by atoms with Gasteiger partial charge in [-0.3, -0.25) is 4.98 Å². The molecule has 0 aliphatic rings. The summed E-state index contributed by atoms with van der Waals surface area (Å²) in [5, 5.41) is 3.27. The number of nitrogens with zero attached hydrogens (tertiary/aromatic N) is 4. The van der Waals surface area contributed by atoms with Crippen molar-refractivity contribution in [2.24, 2.45) is 0 Å². The molecule has 8 nitrogen and oxygen atoms in total. The molecule has 3 rings (SSSR count). The van der Waals surface area contributed by atoms with Gasteiger partial charge in [0.15, 0.2) is 5.75 Å². The fourth-order valence-electron chi connectivity index (χ4n) is 1.99. The third kappa shape index (κ3) is 4.13. The van der Waals surface area contributed by atoms with E-state index in [0.717, 1.165) is 0 Å². The molecule has 0 aliphatic heterocycles. The zero-order chi connectivity index (χ0) is 17.8. The number of hydrogen-bond acceptors (Lipinski definition) is 8. The van der Waals surface area contributed by atoms with E-state index in [2.05, 4.69) is 41.2 Å². The average molecular weight is 445 g/mol. The van der Waals surface area contributed by atoms with Crippen LogP contribution in [0.25, 0.3) is 11.0 Å². The molecule has 0 spiro atoms. The van der Waals surface area contributed by atoms with Crippen LogP contribution in [0.1, 0.15) is 0 Å². The summed E-state index contributed by atoms with van der Waals surface area (Å²) in [6.07, 6.45) is 4.74. The van der Waals surface area contributed by atoms with E-state index in [-0.39, 0.29) is 5.28 Å². The summed E-state index contributed by atoms with van der Waals surface area (Å²) in [6, 6.07) is 3.61. The molecule has 0 aliphatic carbocycles. The number of aromatic nitrogens is 4. The van der Waals surface area contributed by atoms with Gasteiger partial charge in [0.05, 0.1) is 15.7 Å². The Kier molecular flexibility index (Phi) is 5.93. The van der Waals surface area contributed by atoms with E-state index in [4.69, 9.17) is 25.2 Å². The predicted molar refractivity (Wildman–Crippen MR) is 99.1 cm³/mol. The maximum atomic E-state index is 5.87. The maximum absolute atomic E-state index is 5.87. The summed E-state index contributed by atoms with van der Waals surface area (Å²) in [7, 11) is 1.41. The van der Waals surface area contributed by atoms with Crippen LogP contribution in [0, 0.1) is 0 Å². The van der Waals surface area contributed by atoms with Crippen LogP contribution in [-0.4, -0.2) is 34.2 Å². The molecule has 0 fully saturated rings. The Bertz CT molecular complexity index is 899. The molecule has 2 heterocycles. The molecule has 0 atom stereocenters. The largest absolute Gasteiger partial charge is 0.422 e. The zero-order valence-electron chi connectivity index (χ0n) is 13.1. The fraction of sp³-hybridized carbons (Fsp3) is 0.143. The third-order valence-electron chi connectivity index (χ3n) is 3.03. The normalized spacial score (nSPS) is 11.1. The third-order valence-corrected chi connectivity index (χ3v) is 4.72. The van der Waals surface area contributed by atoms with Crippen molar-refractivity contribution in [2.45, 2.75) is 0 Å². The second-order valence-corrected chi connectivity index (χ2v) is 7.06. The van der Waals surface area contributed by atoms with Gasteiger partial charge in [0.1, 0.15) is 11.3 Å². The van der Waals surface area contributed by atoms with Gasteiger partial charge in [0.25, 0.3) is 0 Å². The van der Waals surface area contributed by atoms with Gasteiger partial charge in [-0.2, -0.15) is 4.98 Å². The van der Waals surface area contributed by atoms with Gasteiger partial charge in [-0.05, 0) is 39.7 Å². The van der Waals surface area contributed by atoms with E-state index in [0.29, 0.717) is 32.8 Å². The minimum atomic E-state index is -1.59. The number of hydrogen-bond donors (Lipinski definition) is 1. The van der Waals surface area contributed by atoms with Crippen molar-refractivity contribution in [1.29, 1.82) is 0 Å². The van der Waals surface area contributed by atoms with Crippen LogP contribution in [0.3, 0.4) is 0 Å². The van der Waals surface area contributed by atoms with Gasteiger partial charge in [-0.15, -0.1) is 0 Å². The molecule has 1 aromatic carbocycles. The van der Waals surface area contributed by atoms with E-state index >= 15 is 0 Å². The molecular weight excluding hydrogens is 433 g/mol. The van der Waals surface area contributed by atoms with Crippen molar-refractivity contribution in [3.8, 4) is 5.75 Å². The highest BCUT2D eigenvalue weighted by molar-refractivity contribution is 9.10. The minimum absolute atomic E-state index is 0.116. The van der Waals surface area contributed by atoms with Gasteiger partial charge in [0, 0.05) is 32.8 Å². The number of nitrogens with one attached hydrogen (secondary N) is 1. The van der Waals surface area contributed by atoms with E-state index in [1.165, 1.54) is 14.2 Å². The van der Waals surface area contributed by atoms with Crippen LogP contribution in [0.4, 0.5) is 11.5 Å². The highest BCUT2D eigenvalue weighted by Gasteiger charge is 2.19. The van der Waals surface area contributed by atoms with Crippen molar-refractivity contribution in [3.63, 3.8) is 0 Å². The maximum Gasteiger partial charge on any atom is 0.396 e. The molecule has 0 saturated carbocycles. The summed E-state index contributed by atoms with van der Waals surface area (Å²) in [6.45, 7) is 0.